The molecule has 2 unspecified atom stereocenters. The summed E-state index contributed by atoms with van der Waals surface area (Å²) in [5.41, 5.74) is 0.963. The molecular formula is C11H10O3. The maximum atomic E-state index is 11.3. The average Bonchev–Trinajstić information content (AvgIpc) is 2.67. The maximum absolute atomic E-state index is 11.3. The second kappa shape index (κ2) is 2.94. The molecule has 2 rings (SSSR count). The van der Waals surface area contributed by atoms with Gasteiger partial charge >= 0.3 is 11.9 Å². The average molecular weight is 190 g/mol. The Morgan fingerprint density at radius 3 is 1.86 bits per heavy atom. The molecule has 0 N–H and O–H groups in total. The molecule has 2 aliphatic rings. The summed E-state index contributed by atoms with van der Waals surface area (Å²) in [4.78, 5) is 22.6. The third-order valence-electron chi connectivity index (χ3n) is 2.73. The van der Waals surface area contributed by atoms with Gasteiger partial charge in [-0.3, -0.25) is 0 Å². The first-order chi connectivity index (χ1) is 6.69. The fourth-order valence-electron chi connectivity index (χ4n) is 2.05. The topological polar surface area (TPSA) is 43.4 Å². The molecule has 14 heavy (non-hydrogen) atoms. The molecule has 0 aromatic rings. The van der Waals surface area contributed by atoms with E-state index in [9.17, 15) is 9.59 Å². The molecule has 0 saturated heterocycles. The normalized spacial score (nSPS) is 30.3. The number of allylic oxidation sites excluding steroid dienone is 2. The summed E-state index contributed by atoms with van der Waals surface area (Å²) in [6, 6.07) is 0. The Morgan fingerprint density at radius 2 is 1.50 bits per heavy atom. The van der Waals surface area contributed by atoms with Gasteiger partial charge in [0.15, 0.2) is 0 Å². The van der Waals surface area contributed by atoms with E-state index in [4.69, 9.17) is 0 Å². The first kappa shape index (κ1) is 8.94. The van der Waals surface area contributed by atoms with Crippen molar-refractivity contribution in [1.82, 2.24) is 0 Å². The number of cyclic esters (lactones) is 2. The number of esters is 2. The van der Waals surface area contributed by atoms with Crippen LogP contribution in [-0.2, 0) is 14.3 Å². The van der Waals surface area contributed by atoms with E-state index in [1.54, 1.807) is 12.2 Å². The van der Waals surface area contributed by atoms with Gasteiger partial charge in [-0.15, -0.1) is 13.2 Å². The zero-order valence-electron chi connectivity index (χ0n) is 7.66. The van der Waals surface area contributed by atoms with Crippen LogP contribution in [0.4, 0.5) is 0 Å². The quantitative estimate of drug-likeness (QED) is 0.375. The SMILES string of the molecule is C=CC1CC(C=C)C2=C1C(=O)OC2=O. The van der Waals surface area contributed by atoms with E-state index in [0.717, 1.165) is 0 Å². The van der Waals surface area contributed by atoms with Crippen LogP contribution in [-0.4, -0.2) is 11.9 Å². The summed E-state index contributed by atoms with van der Waals surface area (Å²) in [6.07, 6.45) is 4.07. The number of carbonyl (C=O) groups is 2. The van der Waals surface area contributed by atoms with Gasteiger partial charge in [-0.25, -0.2) is 9.59 Å². The molecule has 0 saturated carbocycles. The van der Waals surface area contributed by atoms with Crippen molar-refractivity contribution in [3.63, 3.8) is 0 Å². The minimum Gasteiger partial charge on any atom is -0.386 e. The van der Waals surface area contributed by atoms with Crippen LogP contribution in [0.2, 0.25) is 0 Å². The highest BCUT2D eigenvalue weighted by molar-refractivity contribution is 6.14. The lowest BCUT2D eigenvalue weighted by Crippen LogP contribution is -2.12. The zero-order chi connectivity index (χ0) is 10.3. The molecule has 0 spiro atoms. The van der Waals surface area contributed by atoms with Gasteiger partial charge in [-0.2, -0.15) is 0 Å². The summed E-state index contributed by atoms with van der Waals surface area (Å²) in [5, 5.41) is 0. The van der Waals surface area contributed by atoms with Crippen LogP contribution < -0.4 is 0 Å². The third kappa shape index (κ3) is 0.985. The van der Waals surface area contributed by atoms with E-state index < -0.39 is 11.9 Å². The van der Waals surface area contributed by atoms with Crippen molar-refractivity contribution in [2.75, 3.05) is 0 Å². The first-order valence-corrected chi connectivity index (χ1v) is 4.44. The Labute approximate surface area is 81.7 Å². The molecular weight excluding hydrogens is 180 g/mol. The molecule has 0 radical (unpaired) electrons. The van der Waals surface area contributed by atoms with E-state index in [1.165, 1.54) is 0 Å². The minimum absolute atomic E-state index is 0.0630. The minimum atomic E-state index is -0.515. The van der Waals surface area contributed by atoms with Crippen molar-refractivity contribution >= 4 is 11.9 Å². The van der Waals surface area contributed by atoms with Crippen molar-refractivity contribution in [1.29, 1.82) is 0 Å². The Hall–Kier alpha value is -1.64. The molecule has 3 heteroatoms. The van der Waals surface area contributed by atoms with Gasteiger partial charge in [0.05, 0.1) is 11.1 Å². The van der Waals surface area contributed by atoms with Gasteiger partial charge in [-0.1, -0.05) is 12.2 Å². The zero-order valence-corrected chi connectivity index (χ0v) is 7.66. The first-order valence-electron chi connectivity index (χ1n) is 4.44. The van der Waals surface area contributed by atoms with Crippen LogP contribution in [0.3, 0.4) is 0 Å². The molecule has 1 aliphatic carbocycles. The fraction of sp³-hybridized carbons (Fsp3) is 0.273. The largest absolute Gasteiger partial charge is 0.386 e. The predicted molar refractivity (Wildman–Crippen MR) is 50.1 cm³/mol. The Balaban J connectivity index is 2.50. The van der Waals surface area contributed by atoms with Crippen molar-refractivity contribution < 1.29 is 14.3 Å². The lowest BCUT2D eigenvalue weighted by atomic mass is 9.99. The van der Waals surface area contributed by atoms with Crippen molar-refractivity contribution in [3.05, 3.63) is 36.5 Å². The number of hydrogen-bond donors (Lipinski definition) is 0. The monoisotopic (exact) mass is 190 g/mol. The standard InChI is InChI=1S/C11H10O3/c1-3-6-5-7(4-2)9-8(6)10(12)14-11(9)13/h3-4,6-7H,1-2,5H2. The lowest BCUT2D eigenvalue weighted by Gasteiger charge is -2.08. The summed E-state index contributed by atoms with van der Waals surface area (Å²) in [6.45, 7) is 7.29. The van der Waals surface area contributed by atoms with Gasteiger partial charge in [-0.05, 0) is 6.42 Å². The molecule has 0 aromatic heterocycles. The molecule has 0 fully saturated rings. The summed E-state index contributed by atoms with van der Waals surface area (Å²) in [5.74, 6) is -1.16. The second-order valence-corrected chi connectivity index (χ2v) is 3.42. The highest BCUT2D eigenvalue weighted by Gasteiger charge is 2.44. The van der Waals surface area contributed by atoms with Gasteiger partial charge in [0.2, 0.25) is 0 Å². The number of ether oxygens (including phenoxy) is 1. The molecule has 1 heterocycles. The molecule has 1 aliphatic heterocycles. The fourth-order valence-corrected chi connectivity index (χ4v) is 2.05. The third-order valence-corrected chi connectivity index (χ3v) is 2.73. The molecule has 3 nitrogen and oxygen atoms in total. The number of rotatable bonds is 2. The van der Waals surface area contributed by atoms with Crippen LogP contribution >= 0.6 is 0 Å². The molecule has 2 atom stereocenters. The van der Waals surface area contributed by atoms with Crippen LogP contribution in [0.5, 0.6) is 0 Å². The van der Waals surface area contributed by atoms with E-state index >= 15 is 0 Å². The van der Waals surface area contributed by atoms with Gasteiger partial charge in [0.25, 0.3) is 0 Å². The van der Waals surface area contributed by atoms with Gasteiger partial charge < -0.3 is 4.74 Å². The van der Waals surface area contributed by atoms with Crippen molar-refractivity contribution in [3.8, 4) is 0 Å². The number of carbonyl (C=O) groups excluding carboxylic acids is 2. The van der Waals surface area contributed by atoms with Gasteiger partial charge in [0, 0.05) is 11.8 Å². The lowest BCUT2D eigenvalue weighted by molar-refractivity contribution is -0.151. The Kier molecular flexibility index (Phi) is 1.88. The van der Waals surface area contributed by atoms with Crippen molar-refractivity contribution in [2.45, 2.75) is 6.42 Å². The highest BCUT2D eigenvalue weighted by Crippen LogP contribution is 2.42. The predicted octanol–water partition coefficient (Wildman–Crippen LogP) is 1.37. The van der Waals surface area contributed by atoms with Crippen LogP contribution in [0.1, 0.15) is 6.42 Å². The van der Waals surface area contributed by atoms with E-state index in [0.29, 0.717) is 17.6 Å². The molecule has 0 bridgehead atoms. The van der Waals surface area contributed by atoms with E-state index in [1.807, 2.05) is 0 Å². The highest BCUT2D eigenvalue weighted by atomic mass is 16.6. The maximum Gasteiger partial charge on any atom is 0.343 e. The number of hydrogen-bond acceptors (Lipinski definition) is 3. The van der Waals surface area contributed by atoms with E-state index in [-0.39, 0.29) is 11.8 Å². The Bertz CT molecular complexity index is 342. The molecule has 72 valence electrons. The van der Waals surface area contributed by atoms with Crippen LogP contribution in [0, 0.1) is 11.8 Å². The molecule has 0 aromatic carbocycles. The van der Waals surface area contributed by atoms with Crippen LogP contribution in [0.15, 0.2) is 36.5 Å². The van der Waals surface area contributed by atoms with Crippen molar-refractivity contribution in [2.24, 2.45) is 11.8 Å². The second-order valence-electron chi connectivity index (χ2n) is 3.42. The van der Waals surface area contributed by atoms with Crippen LogP contribution in [0.25, 0.3) is 0 Å². The van der Waals surface area contributed by atoms with E-state index in [2.05, 4.69) is 17.9 Å². The summed E-state index contributed by atoms with van der Waals surface area (Å²) in [7, 11) is 0. The smallest absolute Gasteiger partial charge is 0.343 e. The summed E-state index contributed by atoms with van der Waals surface area (Å²) >= 11 is 0. The molecule has 0 amide bonds. The summed E-state index contributed by atoms with van der Waals surface area (Å²) < 4.78 is 4.54. The Morgan fingerprint density at radius 1 is 1.07 bits per heavy atom. The van der Waals surface area contributed by atoms with Gasteiger partial charge in [0.1, 0.15) is 0 Å².